The summed E-state index contributed by atoms with van der Waals surface area (Å²) in [6.45, 7) is 6.78. The van der Waals surface area contributed by atoms with Crippen molar-refractivity contribution in [3.05, 3.63) is 81.8 Å². The van der Waals surface area contributed by atoms with Gasteiger partial charge in [-0.05, 0) is 96.9 Å². The van der Waals surface area contributed by atoms with E-state index >= 15 is 0 Å². The number of hydrogen-bond acceptors (Lipinski definition) is 4. The van der Waals surface area contributed by atoms with E-state index in [1.165, 1.54) is 12.1 Å². The van der Waals surface area contributed by atoms with Gasteiger partial charge in [0, 0.05) is 38.4 Å². The van der Waals surface area contributed by atoms with Gasteiger partial charge in [-0.25, -0.2) is 9.37 Å². The third-order valence-electron chi connectivity index (χ3n) is 7.48. The quantitative estimate of drug-likeness (QED) is 0.309. The summed E-state index contributed by atoms with van der Waals surface area (Å²) >= 11 is 0. The van der Waals surface area contributed by atoms with E-state index in [2.05, 4.69) is 9.80 Å². The SMILES string of the molecule is Cc1cc(F)ccc1-c1cc(N2CCN(C)CC2)nc(CC(C)Cc2cc(C(F)(F)F)cc(C(F)(F)F)c2)c1CN. The average molecular weight is 583 g/mol. The second-order valence-corrected chi connectivity index (χ2v) is 10.8. The number of nitrogens with two attached hydrogens (primary N) is 1. The molecular weight excluding hydrogens is 549 g/mol. The van der Waals surface area contributed by atoms with Crippen LogP contribution in [0.15, 0.2) is 42.5 Å². The first-order chi connectivity index (χ1) is 19.2. The molecule has 0 saturated carbocycles. The van der Waals surface area contributed by atoms with Gasteiger partial charge < -0.3 is 15.5 Å². The van der Waals surface area contributed by atoms with Gasteiger partial charge in [0.05, 0.1) is 11.1 Å². The van der Waals surface area contributed by atoms with Gasteiger partial charge >= 0.3 is 12.4 Å². The number of benzene rings is 2. The minimum Gasteiger partial charge on any atom is -0.354 e. The number of aromatic nitrogens is 1. The summed E-state index contributed by atoms with van der Waals surface area (Å²) in [5.74, 6) is -0.0287. The van der Waals surface area contributed by atoms with Crippen LogP contribution in [0.25, 0.3) is 11.1 Å². The summed E-state index contributed by atoms with van der Waals surface area (Å²) in [6.07, 6.45) is -9.57. The van der Waals surface area contributed by atoms with E-state index < -0.39 is 23.5 Å². The Bertz CT molecular complexity index is 1340. The average Bonchev–Trinajstić information content (AvgIpc) is 2.87. The minimum atomic E-state index is -4.91. The highest BCUT2D eigenvalue weighted by Crippen LogP contribution is 2.38. The first-order valence-electron chi connectivity index (χ1n) is 13.4. The van der Waals surface area contributed by atoms with Gasteiger partial charge in [-0.1, -0.05) is 13.0 Å². The molecule has 4 rings (SSSR count). The van der Waals surface area contributed by atoms with Crippen molar-refractivity contribution in [1.82, 2.24) is 9.88 Å². The summed E-state index contributed by atoms with van der Waals surface area (Å²) in [7, 11) is 2.03. The van der Waals surface area contributed by atoms with E-state index in [1.54, 1.807) is 19.9 Å². The van der Waals surface area contributed by atoms with Gasteiger partial charge in [0.25, 0.3) is 0 Å². The molecule has 3 aromatic rings. The Kier molecular flexibility index (Phi) is 8.98. The molecule has 2 N–H and O–H groups in total. The highest BCUT2D eigenvalue weighted by atomic mass is 19.4. The second kappa shape index (κ2) is 12.0. The first kappa shape index (κ1) is 30.8. The highest BCUT2D eigenvalue weighted by Gasteiger charge is 2.37. The Morgan fingerprint density at radius 2 is 1.46 bits per heavy atom. The number of anilines is 1. The molecule has 41 heavy (non-hydrogen) atoms. The molecule has 1 atom stereocenters. The smallest absolute Gasteiger partial charge is 0.354 e. The van der Waals surface area contributed by atoms with Crippen molar-refractivity contribution in [2.75, 3.05) is 38.1 Å². The number of halogens is 7. The van der Waals surface area contributed by atoms with Crippen LogP contribution in [0, 0.1) is 18.7 Å². The molecule has 1 aromatic heterocycles. The lowest BCUT2D eigenvalue weighted by Gasteiger charge is -2.34. The van der Waals surface area contributed by atoms with E-state index in [4.69, 9.17) is 10.7 Å². The lowest BCUT2D eigenvalue weighted by atomic mass is 9.89. The summed E-state index contributed by atoms with van der Waals surface area (Å²) in [5, 5.41) is 0. The van der Waals surface area contributed by atoms with Crippen molar-refractivity contribution in [1.29, 1.82) is 0 Å². The molecule has 1 aliphatic rings. The third-order valence-corrected chi connectivity index (χ3v) is 7.48. The Morgan fingerprint density at radius 1 is 0.854 bits per heavy atom. The third kappa shape index (κ3) is 7.37. The second-order valence-electron chi connectivity index (χ2n) is 10.8. The Balaban J connectivity index is 1.73. The molecule has 1 unspecified atom stereocenters. The zero-order chi connectivity index (χ0) is 30.1. The van der Waals surface area contributed by atoms with Crippen molar-refractivity contribution in [2.24, 2.45) is 11.7 Å². The van der Waals surface area contributed by atoms with Gasteiger partial charge in [0.15, 0.2) is 0 Å². The van der Waals surface area contributed by atoms with Gasteiger partial charge in [0.2, 0.25) is 0 Å². The molecule has 1 saturated heterocycles. The van der Waals surface area contributed by atoms with Crippen LogP contribution in [0.3, 0.4) is 0 Å². The van der Waals surface area contributed by atoms with Crippen LogP contribution in [-0.4, -0.2) is 43.1 Å². The molecule has 0 spiro atoms. The van der Waals surface area contributed by atoms with Crippen molar-refractivity contribution in [2.45, 2.75) is 45.6 Å². The Labute approximate surface area is 235 Å². The van der Waals surface area contributed by atoms with Gasteiger partial charge in [-0.2, -0.15) is 26.3 Å². The number of nitrogens with zero attached hydrogens (tertiary/aromatic N) is 3. The highest BCUT2D eigenvalue weighted by molar-refractivity contribution is 5.74. The van der Waals surface area contributed by atoms with E-state index in [0.29, 0.717) is 22.6 Å². The summed E-state index contributed by atoms with van der Waals surface area (Å²) in [6, 6.07) is 8.10. The normalized spacial score (nSPS) is 15.8. The lowest BCUT2D eigenvalue weighted by Crippen LogP contribution is -2.45. The number of likely N-dealkylation sites (N-methyl/N-ethyl adjacent to an activating group) is 1. The molecule has 1 aliphatic heterocycles. The molecule has 0 aliphatic carbocycles. The largest absolute Gasteiger partial charge is 0.416 e. The fourth-order valence-corrected chi connectivity index (χ4v) is 5.32. The van der Waals surface area contributed by atoms with Gasteiger partial charge in [0.1, 0.15) is 11.6 Å². The molecule has 2 aromatic carbocycles. The number of alkyl halides is 6. The summed E-state index contributed by atoms with van der Waals surface area (Å²) in [4.78, 5) is 9.25. The fraction of sp³-hybridized carbons (Fsp3) is 0.433. The van der Waals surface area contributed by atoms with Crippen LogP contribution in [0.5, 0.6) is 0 Å². The standard InChI is InChI=1S/C30H33F7N4/c1-18(10-20-13-21(29(32,33)34)15-22(14-20)30(35,36)37)11-27-26(17-38)25(24-5-4-23(31)12-19(24)2)16-28(39-27)41-8-6-40(3)7-9-41/h4-5,12-16,18H,6-11,17,38H2,1-3H3. The van der Waals surface area contributed by atoms with Crippen LogP contribution in [0.4, 0.5) is 36.6 Å². The maximum Gasteiger partial charge on any atom is 0.416 e. The van der Waals surface area contributed by atoms with Crippen molar-refractivity contribution < 1.29 is 30.7 Å². The Morgan fingerprint density at radius 3 is 2.00 bits per heavy atom. The maximum absolute atomic E-state index is 13.9. The maximum atomic E-state index is 13.9. The summed E-state index contributed by atoms with van der Waals surface area (Å²) in [5.41, 5.74) is 7.09. The van der Waals surface area contributed by atoms with Crippen LogP contribution >= 0.6 is 0 Å². The van der Waals surface area contributed by atoms with Crippen molar-refractivity contribution >= 4 is 5.82 Å². The van der Waals surface area contributed by atoms with Crippen molar-refractivity contribution in [3.8, 4) is 11.1 Å². The fourth-order valence-electron chi connectivity index (χ4n) is 5.32. The van der Waals surface area contributed by atoms with Gasteiger partial charge in [-0.3, -0.25) is 0 Å². The first-order valence-corrected chi connectivity index (χ1v) is 13.4. The molecule has 11 heteroatoms. The van der Waals surface area contributed by atoms with E-state index in [0.717, 1.165) is 49.4 Å². The van der Waals surface area contributed by atoms with Crippen LogP contribution in [-0.2, 0) is 31.7 Å². The van der Waals surface area contributed by atoms with Crippen LogP contribution < -0.4 is 10.6 Å². The molecule has 4 nitrogen and oxygen atoms in total. The van der Waals surface area contributed by atoms with Crippen LogP contribution in [0.1, 0.15) is 40.4 Å². The van der Waals surface area contributed by atoms with E-state index in [9.17, 15) is 30.7 Å². The molecule has 2 heterocycles. The van der Waals surface area contributed by atoms with Crippen LogP contribution in [0.2, 0.25) is 0 Å². The molecule has 0 amide bonds. The number of rotatable bonds is 7. The zero-order valence-corrected chi connectivity index (χ0v) is 23.1. The van der Waals surface area contributed by atoms with Crippen molar-refractivity contribution in [3.63, 3.8) is 0 Å². The predicted octanol–water partition coefficient (Wildman–Crippen LogP) is 6.87. The lowest BCUT2D eigenvalue weighted by molar-refractivity contribution is -0.143. The van der Waals surface area contributed by atoms with E-state index in [-0.39, 0.29) is 42.8 Å². The number of piperazine rings is 1. The zero-order valence-electron chi connectivity index (χ0n) is 23.1. The predicted molar refractivity (Wildman–Crippen MR) is 145 cm³/mol. The molecular formula is C30H33F7N4. The number of hydrogen-bond donors (Lipinski definition) is 1. The summed E-state index contributed by atoms with van der Waals surface area (Å²) < 4.78 is 94.4. The Hall–Kier alpha value is -3.18. The topological polar surface area (TPSA) is 45.4 Å². The van der Waals surface area contributed by atoms with E-state index in [1.807, 2.05) is 13.1 Å². The monoisotopic (exact) mass is 582 g/mol. The molecule has 0 bridgehead atoms. The number of pyridine rings is 1. The minimum absolute atomic E-state index is 0.0255. The molecule has 222 valence electrons. The molecule has 1 fully saturated rings. The van der Waals surface area contributed by atoms with Gasteiger partial charge in [-0.15, -0.1) is 0 Å². The molecule has 0 radical (unpaired) electrons. The number of aryl methyl sites for hydroxylation is 1.